The lowest BCUT2D eigenvalue weighted by molar-refractivity contribution is -0.116. The van der Waals surface area contributed by atoms with Gasteiger partial charge in [-0.3, -0.25) is 9.59 Å². The number of ketones is 1. The maximum Gasteiger partial charge on any atom is 0.337 e. The second-order valence-corrected chi connectivity index (χ2v) is 6.24. The number of carbonyl (C=O) groups excluding carboxylic acids is 3. The monoisotopic (exact) mass is 331 g/mol. The summed E-state index contributed by atoms with van der Waals surface area (Å²) in [4.78, 5) is 36.9. The van der Waals surface area contributed by atoms with Crippen molar-refractivity contribution in [3.05, 3.63) is 51.7 Å². The maximum absolute atomic E-state index is 11.9. The number of benzene rings is 1. The minimum Gasteiger partial charge on any atom is -0.465 e. The molecule has 1 heterocycles. The van der Waals surface area contributed by atoms with Crippen LogP contribution in [0, 0.1) is 6.92 Å². The van der Waals surface area contributed by atoms with Crippen LogP contribution in [0.25, 0.3) is 0 Å². The first-order valence-electron chi connectivity index (χ1n) is 7.07. The predicted octanol–water partition coefficient (Wildman–Crippen LogP) is 3.44. The molecular weight excluding hydrogens is 314 g/mol. The number of anilines is 1. The van der Waals surface area contributed by atoms with E-state index in [1.807, 2.05) is 13.0 Å². The molecule has 120 valence electrons. The summed E-state index contributed by atoms with van der Waals surface area (Å²) in [6.45, 7) is 1.94. The average molecular weight is 331 g/mol. The average Bonchev–Trinajstić information content (AvgIpc) is 2.99. The fraction of sp³-hybridized carbons (Fsp3) is 0.235. The van der Waals surface area contributed by atoms with E-state index in [1.165, 1.54) is 18.4 Å². The summed E-state index contributed by atoms with van der Waals surface area (Å²) in [6.07, 6.45) is 0.292. The van der Waals surface area contributed by atoms with Gasteiger partial charge >= 0.3 is 5.97 Å². The Balaban J connectivity index is 1.85. The van der Waals surface area contributed by atoms with Gasteiger partial charge in [-0.05, 0) is 43.3 Å². The van der Waals surface area contributed by atoms with Crippen LogP contribution < -0.4 is 5.32 Å². The molecule has 1 N–H and O–H groups in total. The highest BCUT2D eigenvalue weighted by Crippen LogP contribution is 2.18. The van der Waals surface area contributed by atoms with Gasteiger partial charge in [-0.15, -0.1) is 11.3 Å². The van der Waals surface area contributed by atoms with Crippen LogP contribution in [0.5, 0.6) is 0 Å². The van der Waals surface area contributed by atoms with Crippen LogP contribution in [0.3, 0.4) is 0 Å². The molecule has 1 amide bonds. The quantitative estimate of drug-likeness (QED) is 0.650. The van der Waals surface area contributed by atoms with Gasteiger partial charge in [0, 0.05) is 23.4 Å². The minimum absolute atomic E-state index is 0.0284. The van der Waals surface area contributed by atoms with E-state index in [1.54, 1.807) is 30.3 Å². The molecule has 0 unspecified atom stereocenters. The zero-order valence-corrected chi connectivity index (χ0v) is 13.7. The summed E-state index contributed by atoms with van der Waals surface area (Å²) >= 11 is 1.43. The van der Waals surface area contributed by atoms with E-state index < -0.39 is 5.97 Å². The van der Waals surface area contributed by atoms with E-state index in [0.717, 1.165) is 4.88 Å². The molecule has 0 radical (unpaired) electrons. The molecule has 0 fully saturated rings. The van der Waals surface area contributed by atoms with Crippen molar-refractivity contribution in [2.24, 2.45) is 0 Å². The zero-order chi connectivity index (χ0) is 16.8. The van der Waals surface area contributed by atoms with Crippen molar-refractivity contribution in [1.82, 2.24) is 0 Å². The Kier molecular flexibility index (Phi) is 5.65. The number of rotatable bonds is 6. The summed E-state index contributed by atoms with van der Waals surface area (Å²) in [5, 5.41) is 2.70. The Morgan fingerprint density at radius 2 is 1.74 bits per heavy atom. The first kappa shape index (κ1) is 16.9. The summed E-state index contributed by atoms with van der Waals surface area (Å²) in [5.74, 6) is -0.698. The van der Waals surface area contributed by atoms with Gasteiger partial charge in [0.2, 0.25) is 5.91 Å². The Hall–Kier alpha value is -2.47. The standard InChI is InChI=1S/C17H17NO4S/c1-11-3-9-15(23-11)14(19)8-10-16(20)18-13-6-4-12(5-7-13)17(21)22-2/h3-7,9H,8,10H2,1-2H3,(H,18,20). The van der Waals surface area contributed by atoms with Crippen LogP contribution in [0.1, 0.15) is 37.7 Å². The van der Waals surface area contributed by atoms with Crippen LogP contribution in [0.4, 0.5) is 5.69 Å². The van der Waals surface area contributed by atoms with Gasteiger partial charge in [0.25, 0.3) is 0 Å². The molecule has 0 aliphatic rings. The molecule has 0 spiro atoms. The number of hydrogen-bond donors (Lipinski definition) is 1. The van der Waals surface area contributed by atoms with Gasteiger partial charge in [0.1, 0.15) is 0 Å². The Labute approximate surface area is 138 Å². The van der Waals surface area contributed by atoms with Crippen LogP contribution in [0.2, 0.25) is 0 Å². The summed E-state index contributed by atoms with van der Waals surface area (Å²) in [6, 6.07) is 10.1. The van der Waals surface area contributed by atoms with Gasteiger partial charge < -0.3 is 10.1 Å². The van der Waals surface area contributed by atoms with Crippen molar-refractivity contribution >= 4 is 34.7 Å². The van der Waals surface area contributed by atoms with Crippen LogP contribution in [-0.4, -0.2) is 24.8 Å². The molecule has 0 atom stereocenters. The fourth-order valence-electron chi connectivity index (χ4n) is 1.97. The molecule has 0 aliphatic heterocycles. The first-order chi connectivity index (χ1) is 11.0. The lowest BCUT2D eigenvalue weighted by Crippen LogP contribution is -2.13. The van der Waals surface area contributed by atoms with Gasteiger partial charge in [-0.25, -0.2) is 4.79 Å². The summed E-state index contributed by atoms with van der Waals surface area (Å²) in [7, 11) is 1.31. The van der Waals surface area contributed by atoms with E-state index >= 15 is 0 Å². The highest BCUT2D eigenvalue weighted by molar-refractivity contribution is 7.14. The molecule has 1 aromatic carbocycles. The molecule has 0 bridgehead atoms. The normalized spacial score (nSPS) is 10.2. The molecule has 0 saturated carbocycles. The topological polar surface area (TPSA) is 72.5 Å². The number of thiophene rings is 1. The van der Waals surface area contributed by atoms with Crippen molar-refractivity contribution in [3.63, 3.8) is 0 Å². The molecular formula is C17H17NO4S. The lowest BCUT2D eigenvalue weighted by atomic mass is 10.1. The molecule has 2 rings (SSSR count). The highest BCUT2D eigenvalue weighted by atomic mass is 32.1. The van der Waals surface area contributed by atoms with Crippen molar-refractivity contribution in [3.8, 4) is 0 Å². The molecule has 5 nitrogen and oxygen atoms in total. The minimum atomic E-state index is -0.431. The molecule has 2 aromatic rings. The molecule has 0 aliphatic carbocycles. The smallest absolute Gasteiger partial charge is 0.337 e. The maximum atomic E-state index is 11.9. The second-order valence-electron chi connectivity index (χ2n) is 4.95. The molecule has 0 saturated heterocycles. The SMILES string of the molecule is COC(=O)c1ccc(NC(=O)CCC(=O)c2ccc(C)s2)cc1. The molecule has 23 heavy (non-hydrogen) atoms. The number of nitrogens with one attached hydrogen (secondary N) is 1. The Bertz CT molecular complexity index is 718. The largest absolute Gasteiger partial charge is 0.465 e. The number of aryl methyl sites for hydroxylation is 1. The lowest BCUT2D eigenvalue weighted by Gasteiger charge is -2.05. The van der Waals surface area contributed by atoms with Crippen LogP contribution in [0.15, 0.2) is 36.4 Å². The third kappa shape index (κ3) is 4.75. The number of carbonyl (C=O) groups is 3. The zero-order valence-electron chi connectivity index (χ0n) is 12.9. The fourth-order valence-corrected chi connectivity index (χ4v) is 2.80. The number of hydrogen-bond acceptors (Lipinski definition) is 5. The van der Waals surface area contributed by atoms with Crippen molar-refractivity contribution in [2.75, 3.05) is 12.4 Å². The number of ether oxygens (including phenoxy) is 1. The summed E-state index contributed by atoms with van der Waals surface area (Å²) in [5.41, 5.74) is 0.982. The van der Waals surface area contributed by atoms with Crippen LogP contribution in [-0.2, 0) is 9.53 Å². The number of Topliss-reactive ketones (excluding diaryl/α,β-unsaturated/α-hetero) is 1. The van der Waals surface area contributed by atoms with Crippen molar-refractivity contribution in [2.45, 2.75) is 19.8 Å². The molecule has 6 heteroatoms. The second kappa shape index (κ2) is 7.69. The van der Waals surface area contributed by atoms with E-state index in [4.69, 9.17) is 0 Å². The Morgan fingerprint density at radius 1 is 1.04 bits per heavy atom. The number of methoxy groups -OCH3 is 1. The number of amides is 1. The van der Waals surface area contributed by atoms with E-state index in [-0.39, 0.29) is 24.5 Å². The molecule has 1 aromatic heterocycles. The van der Waals surface area contributed by atoms with Crippen molar-refractivity contribution in [1.29, 1.82) is 0 Å². The predicted molar refractivity (Wildman–Crippen MR) is 89.0 cm³/mol. The van der Waals surface area contributed by atoms with Gasteiger partial charge in [0.05, 0.1) is 17.6 Å². The Morgan fingerprint density at radius 3 is 2.30 bits per heavy atom. The first-order valence-corrected chi connectivity index (χ1v) is 7.89. The van der Waals surface area contributed by atoms with E-state index in [0.29, 0.717) is 16.1 Å². The third-order valence-corrected chi connectivity index (χ3v) is 4.23. The van der Waals surface area contributed by atoms with Crippen molar-refractivity contribution < 1.29 is 19.1 Å². The van der Waals surface area contributed by atoms with Gasteiger partial charge in [-0.2, -0.15) is 0 Å². The van der Waals surface area contributed by atoms with Gasteiger partial charge in [0.15, 0.2) is 5.78 Å². The van der Waals surface area contributed by atoms with Gasteiger partial charge in [-0.1, -0.05) is 0 Å². The number of esters is 1. The summed E-state index contributed by atoms with van der Waals surface area (Å²) < 4.78 is 4.60. The van der Waals surface area contributed by atoms with E-state index in [9.17, 15) is 14.4 Å². The third-order valence-electron chi connectivity index (χ3n) is 3.18. The van der Waals surface area contributed by atoms with Crippen LogP contribution >= 0.6 is 11.3 Å². The van der Waals surface area contributed by atoms with E-state index in [2.05, 4.69) is 10.1 Å². The highest BCUT2D eigenvalue weighted by Gasteiger charge is 2.11.